The Morgan fingerprint density at radius 1 is 1.29 bits per heavy atom. The average molecular weight is 189 g/mol. The predicted octanol–water partition coefficient (Wildman–Crippen LogP) is 2.00. The van der Waals surface area contributed by atoms with E-state index in [0.717, 1.165) is 17.7 Å². The minimum Gasteiger partial charge on any atom is -0.421 e. The first-order chi connectivity index (χ1) is 6.79. The number of aryl methyl sites for hydroxylation is 2. The van der Waals surface area contributed by atoms with E-state index in [2.05, 4.69) is 15.2 Å². The van der Waals surface area contributed by atoms with Crippen molar-refractivity contribution in [2.45, 2.75) is 20.3 Å². The molecule has 72 valence electrons. The Morgan fingerprint density at radius 2 is 2.14 bits per heavy atom. The summed E-state index contributed by atoms with van der Waals surface area (Å²) in [6.07, 6.45) is 2.49. The van der Waals surface area contributed by atoms with Gasteiger partial charge in [0.05, 0.1) is 5.56 Å². The van der Waals surface area contributed by atoms with Gasteiger partial charge in [0.1, 0.15) is 0 Å². The molecule has 0 aliphatic carbocycles. The Kier molecular flexibility index (Phi) is 2.26. The topological polar surface area (TPSA) is 51.8 Å². The summed E-state index contributed by atoms with van der Waals surface area (Å²) >= 11 is 0. The maximum atomic E-state index is 5.40. The van der Waals surface area contributed by atoms with Crippen molar-refractivity contribution < 1.29 is 4.42 Å². The average Bonchev–Trinajstić information content (AvgIpc) is 2.67. The van der Waals surface area contributed by atoms with Crippen molar-refractivity contribution in [2.75, 3.05) is 0 Å². The summed E-state index contributed by atoms with van der Waals surface area (Å²) in [7, 11) is 0. The molecule has 2 heterocycles. The zero-order chi connectivity index (χ0) is 9.97. The van der Waals surface area contributed by atoms with E-state index < -0.39 is 0 Å². The molecule has 4 nitrogen and oxygen atoms in total. The third kappa shape index (κ3) is 1.64. The highest BCUT2D eigenvalue weighted by Gasteiger charge is 2.06. The van der Waals surface area contributed by atoms with Crippen LogP contribution in [0, 0.1) is 6.92 Å². The molecule has 0 aliphatic rings. The van der Waals surface area contributed by atoms with Crippen LogP contribution in [0.15, 0.2) is 22.7 Å². The highest BCUT2D eigenvalue weighted by atomic mass is 16.4. The van der Waals surface area contributed by atoms with Crippen LogP contribution >= 0.6 is 0 Å². The molecule has 14 heavy (non-hydrogen) atoms. The van der Waals surface area contributed by atoms with Gasteiger partial charge in [0.2, 0.25) is 11.8 Å². The Balaban J connectivity index is 2.34. The van der Waals surface area contributed by atoms with Gasteiger partial charge in [-0.25, -0.2) is 0 Å². The Bertz CT molecular complexity index is 419. The van der Waals surface area contributed by atoms with Crippen LogP contribution in [-0.4, -0.2) is 15.2 Å². The zero-order valence-corrected chi connectivity index (χ0v) is 8.19. The van der Waals surface area contributed by atoms with Gasteiger partial charge in [-0.1, -0.05) is 6.92 Å². The zero-order valence-electron chi connectivity index (χ0n) is 8.19. The van der Waals surface area contributed by atoms with Crippen LogP contribution in [0.1, 0.15) is 18.5 Å². The molecule has 0 atom stereocenters. The van der Waals surface area contributed by atoms with Crippen molar-refractivity contribution in [1.29, 1.82) is 0 Å². The van der Waals surface area contributed by atoms with E-state index in [9.17, 15) is 0 Å². The quantitative estimate of drug-likeness (QED) is 0.725. The van der Waals surface area contributed by atoms with E-state index in [1.807, 2.05) is 26.0 Å². The molecule has 0 radical (unpaired) electrons. The first kappa shape index (κ1) is 8.87. The van der Waals surface area contributed by atoms with Crippen LogP contribution in [0.4, 0.5) is 0 Å². The van der Waals surface area contributed by atoms with Crippen LogP contribution in [-0.2, 0) is 6.42 Å². The molecular weight excluding hydrogens is 178 g/mol. The fourth-order valence-corrected chi connectivity index (χ4v) is 1.11. The number of hydrogen-bond acceptors (Lipinski definition) is 4. The summed E-state index contributed by atoms with van der Waals surface area (Å²) < 4.78 is 5.40. The van der Waals surface area contributed by atoms with E-state index in [1.54, 1.807) is 6.20 Å². The van der Waals surface area contributed by atoms with Gasteiger partial charge in [-0.05, 0) is 19.1 Å². The predicted molar refractivity (Wildman–Crippen MR) is 51.6 cm³/mol. The molecule has 2 aromatic heterocycles. The molecule has 0 saturated carbocycles. The monoisotopic (exact) mass is 189 g/mol. The smallest absolute Gasteiger partial charge is 0.249 e. The van der Waals surface area contributed by atoms with Crippen molar-refractivity contribution in [3.8, 4) is 11.5 Å². The van der Waals surface area contributed by atoms with Crippen molar-refractivity contribution in [3.63, 3.8) is 0 Å². The first-order valence-electron chi connectivity index (χ1n) is 4.55. The highest BCUT2D eigenvalue weighted by molar-refractivity contribution is 5.50. The first-order valence-corrected chi connectivity index (χ1v) is 4.55. The van der Waals surface area contributed by atoms with E-state index >= 15 is 0 Å². The standard InChI is InChI=1S/C10H11N3O/c1-3-9-12-13-10(14-9)8-5-4-7(2)11-6-8/h4-6H,3H2,1-2H3. The fourth-order valence-electron chi connectivity index (χ4n) is 1.11. The maximum Gasteiger partial charge on any atom is 0.249 e. The summed E-state index contributed by atoms with van der Waals surface area (Å²) in [6, 6.07) is 3.85. The number of nitrogens with zero attached hydrogens (tertiary/aromatic N) is 3. The Labute approximate surface area is 82.0 Å². The molecule has 0 aliphatic heterocycles. The van der Waals surface area contributed by atoms with Gasteiger partial charge in [-0.3, -0.25) is 4.98 Å². The molecule has 4 heteroatoms. The van der Waals surface area contributed by atoms with Crippen molar-refractivity contribution in [2.24, 2.45) is 0 Å². The lowest BCUT2D eigenvalue weighted by Gasteiger charge is -1.93. The van der Waals surface area contributed by atoms with Gasteiger partial charge in [-0.15, -0.1) is 10.2 Å². The van der Waals surface area contributed by atoms with Crippen molar-refractivity contribution >= 4 is 0 Å². The molecule has 2 rings (SSSR count). The summed E-state index contributed by atoms with van der Waals surface area (Å²) in [4.78, 5) is 4.16. The summed E-state index contributed by atoms with van der Waals surface area (Å²) in [5.74, 6) is 1.19. The maximum absolute atomic E-state index is 5.40. The molecule has 0 fully saturated rings. The fraction of sp³-hybridized carbons (Fsp3) is 0.300. The van der Waals surface area contributed by atoms with Crippen molar-refractivity contribution in [1.82, 2.24) is 15.2 Å². The number of pyridine rings is 1. The molecule has 0 N–H and O–H groups in total. The minimum absolute atomic E-state index is 0.536. The number of aromatic nitrogens is 3. The Hall–Kier alpha value is -1.71. The molecule has 0 aromatic carbocycles. The van der Waals surface area contributed by atoms with Crippen LogP contribution in [0.25, 0.3) is 11.5 Å². The van der Waals surface area contributed by atoms with Gasteiger partial charge >= 0.3 is 0 Å². The molecule has 0 unspecified atom stereocenters. The van der Waals surface area contributed by atoms with E-state index in [0.29, 0.717) is 11.8 Å². The third-order valence-electron chi connectivity index (χ3n) is 1.93. The van der Waals surface area contributed by atoms with E-state index in [-0.39, 0.29) is 0 Å². The lowest BCUT2D eigenvalue weighted by atomic mass is 10.2. The van der Waals surface area contributed by atoms with Crippen molar-refractivity contribution in [3.05, 3.63) is 29.9 Å². The largest absolute Gasteiger partial charge is 0.421 e. The van der Waals surface area contributed by atoms with Gasteiger partial charge in [0.15, 0.2) is 0 Å². The summed E-state index contributed by atoms with van der Waals surface area (Å²) in [6.45, 7) is 3.92. The molecule has 0 spiro atoms. The minimum atomic E-state index is 0.536. The Morgan fingerprint density at radius 3 is 2.71 bits per heavy atom. The number of hydrogen-bond donors (Lipinski definition) is 0. The van der Waals surface area contributed by atoms with Gasteiger partial charge in [0.25, 0.3) is 0 Å². The van der Waals surface area contributed by atoms with Crippen LogP contribution < -0.4 is 0 Å². The third-order valence-corrected chi connectivity index (χ3v) is 1.93. The molecule has 2 aromatic rings. The molecule has 0 amide bonds. The lowest BCUT2D eigenvalue weighted by Crippen LogP contribution is -1.82. The lowest BCUT2D eigenvalue weighted by molar-refractivity contribution is 0.512. The molecule has 0 bridgehead atoms. The second-order valence-corrected chi connectivity index (χ2v) is 3.04. The van der Waals surface area contributed by atoms with Gasteiger partial charge < -0.3 is 4.42 Å². The van der Waals surface area contributed by atoms with E-state index in [1.165, 1.54) is 0 Å². The second-order valence-electron chi connectivity index (χ2n) is 3.04. The van der Waals surface area contributed by atoms with E-state index in [4.69, 9.17) is 4.42 Å². The van der Waals surface area contributed by atoms with Crippen LogP contribution in [0.3, 0.4) is 0 Å². The summed E-state index contributed by atoms with van der Waals surface area (Å²) in [5, 5.41) is 7.82. The van der Waals surface area contributed by atoms with Gasteiger partial charge in [0, 0.05) is 18.3 Å². The van der Waals surface area contributed by atoms with Gasteiger partial charge in [-0.2, -0.15) is 0 Å². The normalized spacial score (nSPS) is 10.4. The number of rotatable bonds is 2. The SMILES string of the molecule is CCc1nnc(-c2ccc(C)nc2)o1. The molecular formula is C10H11N3O. The van der Waals surface area contributed by atoms with Crippen LogP contribution in [0.2, 0.25) is 0 Å². The summed E-state index contributed by atoms with van der Waals surface area (Å²) in [5.41, 5.74) is 1.84. The molecule has 0 saturated heterocycles. The highest BCUT2D eigenvalue weighted by Crippen LogP contribution is 2.16. The second kappa shape index (κ2) is 3.57. The van der Waals surface area contributed by atoms with Crippen LogP contribution in [0.5, 0.6) is 0 Å².